The summed E-state index contributed by atoms with van der Waals surface area (Å²) in [6.07, 6.45) is 0.241. The zero-order valence-corrected chi connectivity index (χ0v) is 19.1. The van der Waals surface area contributed by atoms with Crippen LogP contribution in [0.15, 0.2) is 59.9 Å². The van der Waals surface area contributed by atoms with Crippen LogP contribution < -0.4 is 4.90 Å². The van der Waals surface area contributed by atoms with Gasteiger partial charge in [-0.3, -0.25) is 9.59 Å². The SMILES string of the molecule is CCN(CC)c1ccc(C2C(C(=O)CC(C)C)=C(O)C(=O)N2Cc2ccc(F)cc2)cc1. The number of nitrogens with zero attached hydrogens (tertiary/aromatic N) is 2. The van der Waals surface area contributed by atoms with Gasteiger partial charge in [0.05, 0.1) is 11.6 Å². The molecule has 0 saturated carbocycles. The van der Waals surface area contributed by atoms with Crippen LogP contribution in [0, 0.1) is 11.7 Å². The minimum atomic E-state index is -0.690. The largest absolute Gasteiger partial charge is 0.503 e. The number of halogens is 1. The molecule has 0 saturated heterocycles. The van der Waals surface area contributed by atoms with Gasteiger partial charge in [0, 0.05) is 31.7 Å². The van der Waals surface area contributed by atoms with Gasteiger partial charge < -0.3 is 14.9 Å². The number of hydrogen-bond donors (Lipinski definition) is 1. The van der Waals surface area contributed by atoms with E-state index < -0.39 is 17.7 Å². The number of carbonyl (C=O) groups excluding carboxylic acids is 2. The fraction of sp³-hybridized carbons (Fsp3) is 0.385. The average Bonchev–Trinajstić information content (AvgIpc) is 3.01. The maximum atomic E-state index is 13.4. The second-order valence-electron chi connectivity index (χ2n) is 8.51. The van der Waals surface area contributed by atoms with Crippen LogP contribution in [0.25, 0.3) is 0 Å². The molecule has 1 atom stereocenters. The number of ketones is 1. The average molecular weight is 439 g/mol. The van der Waals surface area contributed by atoms with Gasteiger partial charge in [-0.25, -0.2) is 4.39 Å². The molecule has 0 aromatic heterocycles. The Hall–Kier alpha value is -3.15. The van der Waals surface area contributed by atoms with E-state index in [-0.39, 0.29) is 36.1 Å². The molecule has 0 fully saturated rings. The fourth-order valence-corrected chi connectivity index (χ4v) is 4.17. The zero-order valence-electron chi connectivity index (χ0n) is 19.1. The van der Waals surface area contributed by atoms with E-state index in [1.807, 2.05) is 38.1 Å². The maximum Gasteiger partial charge on any atom is 0.290 e. The summed E-state index contributed by atoms with van der Waals surface area (Å²) in [6, 6.07) is 13.0. The highest BCUT2D eigenvalue weighted by Crippen LogP contribution is 2.40. The van der Waals surface area contributed by atoms with Gasteiger partial charge in [-0.1, -0.05) is 38.1 Å². The molecule has 1 aliphatic heterocycles. The Morgan fingerprint density at radius 2 is 1.66 bits per heavy atom. The molecule has 5 nitrogen and oxygen atoms in total. The Bertz CT molecular complexity index is 993. The Labute approximate surface area is 189 Å². The molecule has 1 aliphatic rings. The smallest absolute Gasteiger partial charge is 0.290 e. The van der Waals surface area contributed by atoms with Gasteiger partial charge in [0.1, 0.15) is 5.82 Å². The summed E-state index contributed by atoms with van der Waals surface area (Å²) in [6.45, 7) is 9.92. The van der Waals surface area contributed by atoms with Crippen LogP contribution in [0.5, 0.6) is 0 Å². The molecule has 2 aromatic rings. The van der Waals surface area contributed by atoms with Crippen molar-refractivity contribution in [2.75, 3.05) is 18.0 Å². The molecule has 1 heterocycles. The molecule has 170 valence electrons. The second kappa shape index (κ2) is 9.98. The predicted octanol–water partition coefficient (Wildman–Crippen LogP) is 5.18. The third kappa shape index (κ3) is 4.85. The van der Waals surface area contributed by atoms with Crippen molar-refractivity contribution in [1.82, 2.24) is 4.90 Å². The van der Waals surface area contributed by atoms with Crippen LogP contribution in [0.1, 0.15) is 51.3 Å². The molecule has 1 amide bonds. The zero-order chi connectivity index (χ0) is 23.4. The van der Waals surface area contributed by atoms with E-state index in [0.29, 0.717) is 0 Å². The Morgan fingerprint density at radius 1 is 1.06 bits per heavy atom. The number of aliphatic hydroxyl groups excluding tert-OH is 1. The molecular formula is C26H31FN2O3. The van der Waals surface area contributed by atoms with Crippen LogP contribution in [0.3, 0.4) is 0 Å². The van der Waals surface area contributed by atoms with E-state index in [1.165, 1.54) is 17.0 Å². The summed E-state index contributed by atoms with van der Waals surface area (Å²) in [4.78, 5) is 29.8. The molecule has 0 radical (unpaired) electrons. The minimum Gasteiger partial charge on any atom is -0.503 e. The van der Waals surface area contributed by atoms with Gasteiger partial charge >= 0.3 is 0 Å². The number of amides is 1. The lowest BCUT2D eigenvalue weighted by Crippen LogP contribution is -2.31. The normalized spacial score (nSPS) is 16.2. The number of aliphatic hydroxyl groups is 1. The Balaban J connectivity index is 2.02. The van der Waals surface area contributed by atoms with Crippen LogP contribution in [0.4, 0.5) is 10.1 Å². The van der Waals surface area contributed by atoms with Crippen molar-refractivity contribution in [3.05, 3.63) is 76.8 Å². The molecule has 3 rings (SSSR count). The minimum absolute atomic E-state index is 0.0924. The Morgan fingerprint density at radius 3 is 2.19 bits per heavy atom. The maximum absolute atomic E-state index is 13.4. The van der Waals surface area contributed by atoms with Crippen LogP contribution in [-0.4, -0.2) is 34.8 Å². The molecule has 6 heteroatoms. The fourth-order valence-electron chi connectivity index (χ4n) is 4.17. The molecule has 0 aliphatic carbocycles. The molecule has 0 spiro atoms. The van der Waals surface area contributed by atoms with Crippen molar-refractivity contribution in [1.29, 1.82) is 0 Å². The number of hydrogen-bond acceptors (Lipinski definition) is 4. The van der Waals surface area contributed by atoms with Crippen LogP contribution in [0.2, 0.25) is 0 Å². The highest BCUT2D eigenvalue weighted by atomic mass is 19.1. The number of rotatable bonds is 9. The molecule has 32 heavy (non-hydrogen) atoms. The lowest BCUT2D eigenvalue weighted by Gasteiger charge is -2.28. The van der Waals surface area contributed by atoms with Gasteiger partial charge in [0.25, 0.3) is 5.91 Å². The van der Waals surface area contributed by atoms with Gasteiger partial charge in [-0.2, -0.15) is 0 Å². The van der Waals surface area contributed by atoms with Gasteiger partial charge in [-0.05, 0) is 55.2 Å². The summed E-state index contributed by atoms with van der Waals surface area (Å²) in [5.74, 6) is -1.58. The van der Waals surface area contributed by atoms with E-state index in [9.17, 15) is 19.1 Å². The third-order valence-electron chi connectivity index (χ3n) is 5.80. The summed E-state index contributed by atoms with van der Waals surface area (Å²) < 4.78 is 13.4. The highest BCUT2D eigenvalue weighted by molar-refractivity contribution is 6.09. The monoisotopic (exact) mass is 438 g/mol. The predicted molar refractivity (Wildman–Crippen MR) is 124 cm³/mol. The van der Waals surface area contributed by atoms with Crippen molar-refractivity contribution in [3.63, 3.8) is 0 Å². The molecule has 2 aromatic carbocycles. The van der Waals surface area contributed by atoms with Crippen molar-refractivity contribution < 1.29 is 19.1 Å². The first-order chi connectivity index (χ1) is 15.3. The van der Waals surface area contributed by atoms with Crippen molar-refractivity contribution in [3.8, 4) is 0 Å². The van der Waals surface area contributed by atoms with Crippen LogP contribution in [-0.2, 0) is 16.1 Å². The molecule has 1 unspecified atom stereocenters. The summed E-state index contributed by atoms with van der Waals surface area (Å²) >= 11 is 0. The molecule has 1 N–H and O–H groups in total. The third-order valence-corrected chi connectivity index (χ3v) is 5.80. The first-order valence-electron chi connectivity index (χ1n) is 11.1. The van der Waals surface area contributed by atoms with Gasteiger partial charge in [-0.15, -0.1) is 0 Å². The summed E-state index contributed by atoms with van der Waals surface area (Å²) in [5, 5.41) is 10.7. The number of anilines is 1. The first-order valence-corrected chi connectivity index (χ1v) is 11.1. The topological polar surface area (TPSA) is 60.9 Å². The quantitative estimate of drug-likeness (QED) is 0.586. The Kier molecular flexibility index (Phi) is 7.33. The van der Waals surface area contributed by atoms with Crippen molar-refractivity contribution >= 4 is 17.4 Å². The van der Waals surface area contributed by atoms with E-state index in [0.717, 1.165) is 29.9 Å². The van der Waals surface area contributed by atoms with Gasteiger partial charge in [0.2, 0.25) is 0 Å². The van der Waals surface area contributed by atoms with Crippen molar-refractivity contribution in [2.24, 2.45) is 5.92 Å². The second-order valence-corrected chi connectivity index (χ2v) is 8.51. The summed E-state index contributed by atoms with van der Waals surface area (Å²) in [5.41, 5.74) is 2.67. The van der Waals surface area contributed by atoms with Gasteiger partial charge in [0.15, 0.2) is 11.5 Å². The van der Waals surface area contributed by atoms with E-state index in [2.05, 4.69) is 18.7 Å². The highest BCUT2D eigenvalue weighted by Gasteiger charge is 2.43. The summed E-state index contributed by atoms with van der Waals surface area (Å²) in [7, 11) is 0. The van der Waals surface area contributed by atoms with E-state index >= 15 is 0 Å². The van der Waals surface area contributed by atoms with E-state index in [4.69, 9.17) is 0 Å². The lowest BCUT2D eigenvalue weighted by atomic mass is 9.92. The first kappa shape index (κ1) is 23.5. The molecule has 0 bridgehead atoms. The standard InChI is InChI=1S/C26H31FN2O3/c1-5-28(6-2)21-13-9-19(10-14-21)24-23(22(30)15-17(3)4)25(31)26(32)29(24)16-18-7-11-20(27)12-8-18/h7-14,17,24,31H,5-6,15-16H2,1-4H3. The van der Waals surface area contributed by atoms with Crippen LogP contribution >= 0.6 is 0 Å². The number of benzene rings is 2. The van der Waals surface area contributed by atoms with E-state index in [1.54, 1.807) is 12.1 Å². The number of carbonyl (C=O) groups is 2. The lowest BCUT2D eigenvalue weighted by molar-refractivity contribution is -0.130. The molecular weight excluding hydrogens is 407 g/mol. The number of Topliss-reactive ketones (excluding diaryl/α,β-unsaturated/α-hetero) is 1. The van der Waals surface area contributed by atoms with Crippen molar-refractivity contribution in [2.45, 2.75) is 46.7 Å².